The number of nitrogens with zero attached hydrogens (tertiary/aromatic N) is 1. The van der Waals surface area contributed by atoms with Crippen molar-refractivity contribution in [2.45, 2.75) is 49.6 Å². The van der Waals surface area contributed by atoms with Gasteiger partial charge >= 0.3 is 11.9 Å². The lowest BCUT2D eigenvalue weighted by atomic mass is 9.91. The van der Waals surface area contributed by atoms with Crippen molar-refractivity contribution in [2.75, 3.05) is 36.9 Å². The summed E-state index contributed by atoms with van der Waals surface area (Å²) >= 11 is 1.49. The van der Waals surface area contributed by atoms with E-state index in [9.17, 15) is 19.5 Å². The van der Waals surface area contributed by atoms with E-state index < -0.39 is 24.6 Å². The number of rotatable bonds is 9. The Bertz CT molecular complexity index is 795. The van der Waals surface area contributed by atoms with E-state index in [2.05, 4.69) is 10.6 Å². The summed E-state index contributed by atoms with van der Waals surface area (Å²) in [5.74, 6) is -0.819. The van der Waals surface area contributed by atoms with Crippen molar-refractivity contribution < 1.29 is 24.2 Å². The zero-order valence-electron chi connectivity index (χ0n) is 18.7. The van der Waals surface area contributed by atoms with Gasteiger partial charge in [-0.15, -0.1) is 45.7 Å². The van der Waals surface area contributed by atoms with Gasteiger partial charge < -0.3 is 15.2 Å². The Balaban J connectivity index is 0.00000272. The molecule has 1 saturated heterocycles. The van der Waals surface area contributed by atoms with Gasteiger partial charge in [0.05, 0.1) is 18.3 Å². The van der Waals surface area contributed by atoms with Gasteiger partial charge in [0.2, 0.25) is 5.91 Å². The van der Waals surface area contributed by atoms with E-state index >= 15 is 0 Å². The van der Waals surface area contributed by atoms with Gasteiger partial charge in [0, 0.05) is 10.6 Å². The highest BCUT2D eigenvalue weighted by Crippen LogP contribution is 2.34. The first kappa shape index (κ1) is 29.9. The largest absolute Gasteiger partial charge is 0.480 e. The molecule has 11 heteroatoms. The van der Waals surface area contributed by atoms with Crippen LogP contribution in [0.3, 0.4) is 0 Å². The average Bonchev–Trinajstić information content (AvgIpc) is 2.89. The predicted octanol–water partition coefficient (Wildman–Crippen LogP) is 3.04. The Morgan fingerprint density at radius 1 is 1.27 bits per heavy atom. The number of carboxylic acids is 1. The molecule has 186 valence electrons. The highest BCUT2D eigenvalue weighted by Gasteiger charge is 2.35. The van der Waals surface area contributed by atoms with Crippen LogP contribution in [-0.2, 0) is 19.1 Å². The molecule has 3 N–H and O–H groups in total. The van der Waals surface area contributed by atoms with Crippen molar-refractivity contribution in [1.29, 1.82) is 0 Å². The first-order chi connectivity index (χ1) is 15.0. The summed E-state index contributed by atoms with van der Waals surface area (Å²) in [6.07, 6.45) is 3.63. The molecule has 0 aliphatic carbocycles. The Morgan fingerprint density at radius 2 is 1.97 bits per heavy atom. The van der Waals surface area contributed by atoms with E-state index in [4.69, 9.17) is 4.74 Å². The number of thioether (sulfide) groups is 1. The van der Waals surface area contributed by atoms with E-state index in [1.165, 1.54) is 16.7 Å². The molecule has 3 rings (SSSR count). The second kappa shape index (κ2) is 15.0. The highest BCUT2D eigenvalue weighted by atomic mass is 79.9. The molecule has 2 aliphatic rings. The number of hydrogen-bond donors (Lipinski definition) is 3. The number of carboxylic acid groups (broad SMARTS) is 1. The number of esters is 1. The monoisotopic (exact) mass is 609 g/mol. The minimum Gasteiger partial charge on any atom is -0.480 e. The number of hydrogen-bond acceptors (Lipinski definition) is 7. The third kappa shape index (κ3) is 8.54. The Morgan fingerprint density at radius 3 is 2.64 bits per heavy atom. The number of carbonyl (C=O) groups excluding carboxylic acids is 2. The molecule has 1 aromatic carbocycles. The number of carbonyl (C=O) groups is 3. The molecule has 0 unspecified atom stereocenters. The number of ether oxygens (including phenoxy) is 1. The second-order valence-electron chi connectivity index (χ2n) is 7.89. The van der Waals surface area contributed by atoms with E-state index in [1.807, 2.05) is 12.1 Å². The van der Waals surface area contributed by atoms with E-state index in [-0.39, 0.29) is 52.4 Å². The standard InChI is InChI=1S/C22H31N3O5S.2BrH/c1-2-30-22(29)16(8-7-15-9-11-23-12-10-15)24-17-14-31-19-6-4-3-5-18(19)25(21(17)28)13-20(26)27;;/h3-6,15-17,23-24H,2,7-14H2,1H3,(H,26,27);2*1H/t16-,17-;;/m0../s1. The zero-order chi connectivity index (χ0) is 22.2. The fourth-order valence-corrected chi connectivity index (χ4v) is 5.18. The van der Waals surface area contributed by atoms with Gasteiger partial charge in [-0.1, -0.05) is 12.1 Å². The molecule has 2 heterocycles. The van der Waals surface area contributed by atoms with Crippen molar-refractivity contribution in [1.82, 2.24) is 10.6 Å². The molecular weight excluding hydrogens is 578 g/mol. The minimum absolute atomic E-state index is 0. The fraction of sp³-hybridized carbons (Fsp3) is 0.591. The number of piperidine rings is 1. The Hall–Kier alpha value is -1.14. The fourth-order valence-electron chi connectivity index (χ4n) is 4.10. The first-order valence-corrected chi connectivity index (χ1v) is 11.9. The Labute approximate surface area is 220 Å². The van der Waals surface area contributed by atoms with Crippen molar-refractivity contribution >= 4 is 69.3 Å². The van der Waals surface area contributed by atoms with E-state index in [0.29, 0.717) is 23.8 Å². The average molecular weight is 611 g/mol. The summed E-state index contributed by atoms with van der Waals surface area (Å²) in [4.78, 5) is 39.5. The van der Waals surface area contributed by atoms with Crippen LogP contribution in [0.2, 0.25) is 0 Å². The number of amides is 1. The molecule has 2 atom stereocenters. The minimum atomic E-state index is -1.08. The highest BCUT2D eigenvalue weighted by molar-refractivity contribution is 8.93. The summed E-state index contributed by atoms with van der Waals surface area (Å²) in [6.45, 7) is 3.59. The van der Waals surface area contributed by atoms with Gasteiger partial charge in [-0.2, -0.15) is 0 Å². The Kier molecular flexibility index (Phi) is 13.6. The molecule has 0 spiro atoms. The SMILES string of the molecule is Br.Br.CCOC(=O)[C@H](CCC1CCNCC1)N[C@H]1CSc2ccccc2N(CC(=O)O)C1=O. The van der Waals surface area contributed by atoms with Crippen LogP contribution in [0.1, 0.15) is 32.6 Å². The number of fused-ring (bicyclic) bond motifs is 1. The van der Waals surface area contributed by atoms with Crippen LogP contribution in [0.5, 0.6) is 0 Å². The first-order valence-electron chi connectivity index (χ1n) is 10.9. The molecule has 0 saturated carbocycles. The number of para-hydroxylation sites is 1. The molecule has 0 bridgehead atoms. The molecule has 2 aliphatic heterocycles. The number of nitrogens with one attached hydrogen (secondary N) is 2. The van der Waals surface area contributed by atoms with E-state index in [0.717, 1.165) is 37.2 Å². The van der Waals surface area contributed by atoms with Crippen LogP contribution in [0, 0.1) is 5.92 Å². The molecular formula is C22H33Br2N3O5S. The van der Waals surface area contributed by atoms with Crippen LogP contribution < -0.4 is 15.5 Å². The van der Waals surface area contributed by atoms with E-state index in [1.54, 1.807) is 19.1 Å². The lowest BCUT2D eigenvalue weighted by molar-refractivity contribution is -0.146. The molecule has 8 nitrogen and oxygen atoms in total. The maximum Gasteiger partial charge on any atom is 0.323 e. The molecule has 0 aromatic heterocycles. The van der Waals surface area contributed by atoms with Crippen LogP contribution in [-0.4, -0.2) is 67.0 Å². The number of anilines is 1. The second-order valence-corrected chi connectivity index (χ2v) is 8.95. The summed E-state index contributed by atoms with van der Waals surface area (Å²) in [7, 11) is 0. The molecule has 1 fully saturated rings. The summed E-state index contributed by atoms with van der Waals surface area (Å²) in [5.41, 5.74) is 0.589. The van der Waals surface area contributed by atoms with Crippen molar-refractivity contribution in [3.05, 3.63) is 24.3 Å². The van der Waals surface area contributed by atoms with Gasteiger partial charge in [-0.05, 0) is 63.7 Å². The zero-order valence-corrected chi connectivity index (χ0v) is 22.9. The lowest BCUT2D eigenvalue weighted by Gasteiger charge is -2.28. The van der Waals surface area contributed by atoms with Crippen LogP contribution in [0.25, 0.3) is 0 Å². The van der Waals surface area contributed by atoms with Crippen LogP contribution in [0.4, 0.5) is 5.69 Å². The molecule has 0 radical (unpaired) electrons. The van der Waals surface area contributed by atoms with Gasteiger partial charge in [-0.3, -0.25) is 24.6 Å². The molecule has 33 heavy (non-hydrogen) atoms. The summed E-state index contributed by atoms with van der Waals surface area (Å²) < 4.78 is 5.27. The van der Waals surface area contributed by atoms with Gasteiger partial charge in [0.25, 0.3) is 0 Å². The van der Waals surface area contributed by atoms with Gasteiger partial charge in [-0.25, -0.2) is 0 Å². The normalized spacial score (nSPS) is 19.4. The molecule has 1 aromatic rings. The van der Waals surface area contributed by atoms with Gasteiger partial charge in [0.15, 0.2) is 0 Å². The van der Waals surface area contributed by atoms with Crippen molar-refractivity contribution in [3.8, 4) is 0 Å². The maximum atomic E-state index is 13.3. The quantitative estimate of drug-likeness (QED) is 0.366. The third-order valence-corrected chi connectivity index (χ3v) is 6.87. The topological polar surface area (TPSA) is 108 Å². The predicted molar refractivity (Wildman–Crippen MR) is 140 cm³/mol. The smallest absolute Gasteiger partial charge is 0.323 e. The maximum absolute atomic E-state index is 13.3. The van der Waals surface area contributed by atoms with Crippen LogP contribution >= 0.6 is 45.7 Å². The summed E-state index contributed by atoms with van der Waals surface area (Å²) in [5, 5.41) is 15.9. The number of halogens is 2. The third-order valence-electron chi connectivity index (χ3n) is 5.71. The van der Waals surface area contributed by atoms with Crippen LogP contribution in [0.15, 0.2) is 29.2 Å². The molecule has 1 amide bonds. The van der Waals surface area contributed by atoms with Gasteiger partial charge in [0.1, 0.15) is 12.6 Å². The lowest BCUT2D eigenvalue weighted by Crippen LogP contribution is -2.54. The number of benzene rings is 1. The number of aliphatic carboxylic acids is 1. The van der Waals surface area contributed by atoms with Crippen molar-refractivity contribution in [2.24, 2.45) is 5.92 Å². The van der Waals surface area contributed by atoms with Crippen molar-refractivity contribution in [3.63, 3.8) is 0 Å². The summed E-state index contributed by atoms with van der Waals surface area (Å²) in [6, 6.07) is 6.01.